The van der Waals surface area contributed by atoms with E-state index in [9.17, 15) is 58.8 Å². The molecule has 0 aliphatic heterocycles. The highest BCUT2D eigenvalue weighted by atomic mass is 35.5. The van der Waals surface area contributed by atoms with Crippen LogP contribution in [-0.2, 0) is 52.4 Å². The summed E-state index contributed by atoms with van der Waals surface area (Å²) in [6.07, 6.45) is 0. The smallest absolute Gasteiger partial charge is 0.317 e. The lowest BCUT2D eigenvalue weighted by molar-refractivity contribution is -0.155. The van der Waals surface area contributed by atoms with Crippen LogP contribution in [0.15, 0.2) is 70.7 Å². The number of esters is 4. The fourth-order valence-electron chi connectivity index (χ4n) is 7.62. The minimum Gasteiger partial charge on any atom is -0.510 e. The number of benzene rings is 2. The van der Waals surface area contributed by atoms with Gasteiger partial charge in [-0.3, -0.25) is 42.9 Å². The molecule has 0 amide bonds. The molecule has 2 aliphatic carbocycles. The molecular weight excluding hydrogens is 868 g/mol. The van der Waals surface area contributed by atoms with E-state index >= 15 is 4.57 Å². The first kappa shape index (κ1) is 48.1. The van der Waals surface area contributed by atoms with Crippen molar-refractivity contribution >= 4 is 77.9 Å². The lowest BCUT2D eigenvalue weighted by atomic mass is 9.70. The Morgan fingerprint density at radius 1 is 0.623 bits per heavy atom. The molecule has 2 aromatic rings. The number of nitrogens with zero attached hydrogens (tertiary/aromatic N) is 1. The third-order valence-electron chi connectivity index (χ3n) is 9.90. The predicted molar refractivity (Wildman–Crippen MR) is 213 cm³/mol. The number of ether oxygens (including phenoxy) is 4. The Labute approximate surface area is 358 Å². The number of carboxylic acid groups (broad SMARTS) is 2. The Morgan fingerprint density at radius 2 is 0.951 bits per heavy atom. The normalized spacial score (nSPS) is 22.6. The molecule has 2 aromatic carbocycles. The number of aliphatic hydroxyl groups excluding tert-OH is 2. The Bertz CT molecular complexity index is 2050. The van der Waals surface area contributed by atoms with Crippen LogP contribution >= 0.6 is 30.5 Å². The van der Waals surface area contributed by atoms with Gasteiger partial charge in [0.25, 0.3) is 0 Å². The van der Waals surface area contributed by atoms with Crippen molar-refractivity contribution in [2.24, 2.45) is 23.7 Å². The second kappa shape index (κ2) is 20.3. The maximum absolute atomic E-state index is 16.4. The molecule has 2 aliphatic rings. The molecule has 61 heavy (non-hydrogen) atoms. The van der Waals surface area contributed by atoms with E-state index in [0.29, 0.717) is 0 Å². The first-order chi connectivity index (χ1) is 28.8. The Kier molecular flexibility index (Phi) is 16.0. The van der Waals surface area contributed by atoms with Crippen LogP contribution in [0.5, 0.6) is 11.5 Å². The van der Waals surface area contributed by atoms with Gasteiger partial charge in [-0.2, -0.15) is 0 Å². The summed E-state index contributed by atoms with van der Waals surface area (Å²) in [5.41, 5.74) is -0.166. The van der Waals surface area contributed by atoms with Crippen LogP contribution < -0.4 is 9.47 Å². The van der Waals surface area contributed by atoms with Crippen LogP contribution in [0.25, 0.3) is 0 Å². The summed E-state index contributed by atoms with van der Waals surface area (Å²) in [7, 11) is -5.70. The molecule has 21 heteroatoms. The van der Waals surface area contributed by atoms with Gasteiger partial charge in [0.1, 0.15) is 57.3 Å². The van der Waals surface area contributed by atoms with Gasteiger partial charge in [-0.25, -0.2) is 4.67 Å². The molecule has 0 saturated heterocycles. The molecule has 1 unspecified atom stereocenters. The van der Waals surface area contributed by atoms with Crippen molar-refractivity contribution in [1.82, 2.24) is 4.67 Å². The monoisotopic (exact) mass is 909 g/mol. The highest BCUT2D eigenvalue weighted by molar-refractivity contribution is 7.72. The zero-order chi connectivity index (χ0) is 45.5. The first-order valence-electron chi connectivity index (χ1n) is 18.6. The van der Waals surface area contributed by atoms with Gasteiger partial charge in [0.05, 0.1) is 13.2 Å². The summed E-state index contributed by atoms with van der Waals surface area (Å²) >= 11 is 12.2. The second-order valence-electron chi connectivity index (χ2n) is 13.6. The number of hydrogen-bond donors (Lipinski definition) is 4. The molecule has 18 nitrogen and oxygen atoms in total. The van der Waals surface area contributed by atoms with Gasteiger partial charge in [0, 0.05) is 50.5 Å². The van der Waals surface area contributed by atoms with Crippen LogP contribution in [0.3, 0.4) is 0 Å². The van der Waals surface area contributed by atoms with E-state index < -0.39 is 137 Å². The van der Waals surface area contributed by atoms with Crippen molar-refractivity contribution in [3.05, 3.63) is 81.8 Å². The van der Waals surface area contributed by atoms with E-state index in [-0.39, 0.29) is 35.8 Å². The van der Waals surface area contributed by atoms with Crippen molar-refractivity contribution < 1.29 is 82.3 Å². The lowest BCUT2D eigenvalue weighted by Gasteiger charge is -2.43. The van der Waals surface area contributed by atoms with Gasteiger partial charge in [-0.1, -0.05) is 24.3 Å². The number of ketones is 2. The number of carboxylic acids is 2. The van der Waals surface area contributed by atoms with E-state index in [4.69, 9.17) is 42.1 Å². The fourth-order valence-corrected chi connectivity index (χ4v) is 11.6. The maximum Gasteiger partial charge on any atom is 0.317 e. The Morgan fingerprint density at radius 3 is 1.21 bits per heavy atom. The second-order valence-corrected chi connectivity index (χ2v) is 16.9. The summed E-state index contributed by atoms with van der Waals surface area (Å²) in [5.74, 6) is -27.6. The molecule has 4 rings (SSSR count). The molecule has 0 spiro atoms. The zero-order valence-corrected chi connectivity index (χ0v) is 35.5. The molecule has 0 bridgehead atoms. The van der Waals surface area contributed by atoms with Crippen LogP contribution in [0.2, 0.25) is 0 Å². The number of halogens is 2. The number of Topliss-reactive ketones (excluding diaryl/α,β-unsaturated/α-hetero) is 2. The number of hydrogen-bond acceptors (Lipinski definition) is 15. The van der Waals surface area contributed by atoms with Gasteiger partial charge in [0.15, 0.2) is 11.6 Å². The average Bonchev–Trinajstić information content (AvgIpc) is 3.17. The summed E-state index contributed by atoms with van der Waals surface area (Å²) in [6, 6.07) is 9.72. The molecule has 0 saturated carbocycles. The summed E-state index contributed by atoms with van der Waals surface area (Å²) < 4.78 is 37.7. The quantitative estimate of drug-likeness (QED) is 0.0538. The van der Waals surface area contributed by atoms with Crippen LogP contribution in [-0.4, -0.2) is 111 Å². The number of alkyl halides is 2. The first-order valence-corrected chi connectivity index (χ1v) is 21.3. The summed E-state index contributed by atoms with van der Waals surface area (Å²) in [6.45, 7) is 3.14. The molecule has 0 heterocycles. The number of aliphatic carboxylic acids is 2. The van der Waals surface area contributed by atoms with Crippen LogP contribution in [0.1, 0.15) is 50.7 Å². The van der Waals surface area contributed by atoms with Crippen LogP contribution in [0.4, 0.5) is 0 Å². The Balaban J connectivity index is 2.18. The minimum atomic E-state index is -5.70. The van der Waals surface area contributed by atoms with Crippen molar-refractivity contribution in [1.29, 1.82) is 0 Å². The molecule has 0 radical (unpaired) electrons. The van der Waals surface area contributed by atoms with E-state index in [1.165, 1.54) is 62.4 Å². The molecule has 4 N–H and O–H groups in total. The topological polar surface area (TPSA) is 275 Å². The Hall–Kier alpha value is -5.55. The maximum atomic E-state index is 16.4. The standard InChI is InChI=1S/C40H42Cl2NO17P/c1-5-57-39(54)29-25(21-7-11-23(12-8-21)59-19(3)44)27(37(50)51)31(46)35(33(29)48)61(56,43(17-15-41)18-16-42)36-32(47)28(38(52)53)26(30(34(36)49)40(55)58-6-2)22-9-13-24(14-10-22)60-20(4)45/h7-14,25-30,48-49H,5-6,15-18H2,1-4H3,(H,50,51)(H,52,53)/t25-,26-,27-,28+,29+,30-,61?/m0/s1. The summed E-state index contributed by atoms with van der Waals surface area (Å²) in [4.78, 5) is 107. The number of carbonyl (C=O) groups is 8. The van der Waals surface area contributed by atoms with E-state index in [2.05, 4.69) is 0 Å². The highest BCUT2D eigenvalue weighted by Gasteiger charge is 2.62. The van der Waals surface area contributed by atoms with Crippen molar-refractivity contribution in [3.8, 4) is 11.5 Å². The summed E-state index contributed by atoms with van der Waals surface area (Å²) in [5, 5.41) is 43.2. The van der Waals surface area contributed by atoms with E-state index in [1.807, 2.05) is 0 Å². The molecule has 0 aromatic heterocycles. The van der Waals surface area contributed by atoms with Gasteiger partial charge in [0.2, 0.25) is 7.29 Å². The largest absolute Gasteiger partial charge is 0.510 e. The van der Waals surface area contributed by atoms with Crippen molar-refractivity contribution in [2.45, 2.75) is 39.5 Å². The van der Waals surface area contributed by atoms with E-state index in [0.717, 1.165) is 18.5 Å². The predicted octanol–water partition coefficient (Wildman–Crippen LogP) is 4.93. The van der Waals surface area contributed by atoms with Gasteiger partial charge in [-0.15, -0.1) is 23.2 Å². The lowest BCUT2D eigenvalue weighted by Crippen LogP contribution is -2.47. The van der Waals surface area contributed by atoms with Gasteiger partial charge in [-0.05, 0) is 49.2 Å². The third kappa shape index (κ3) is 9.67. The van der Waals surface area contributed by atoms with E-state index in [1.54, 1.807) is 0 Å². The highest BCUT2D eigenvalue weighted by Crippen LogP contribution is 2.70. The molecule has 0 fully saturated rings. The van der Waals surface area contributed by atoms with Gasteiger partial charge < -0.3 is 39.4 Å². The molecule has 7 atom stereocenters. The molecular formula is C40H42Cl2NO17P. The number of allylic oxidation sites excluding steroid dienone is 2. The number of carbonyl (C=O) groups excluding carboxylic acids is 6. The third-order valence-corrected chi connectivity index (χ3v) is 13.5. The van der Waals surface area contributed by atoms with Crippen molar-refractivity contribution in [2.75, 3.05) is 38.1 Å². The van der Waals surface area contributed by atoms with Crippen molar-refractivity contribution in [3.63, 3.8) is 0 Å². The zero-order valence-electron chi connectivity index (χ0n) is 33.1. The number of aliphatic hydroxyl groups is 2. The molecule has 328 valence electrons. The number of rotatable bonds is 17. The van der Waals surface area contributed by atoms with Gasteiger partial charge >= 0.3 is 35.8 Å². The average molecular weight is 911 g/mol. The fraction of sp³-hybridized carbons (Fsp3) is 0.400. The minimum absolute atomic E-state index is 0.0123. The van der Waals surface area contributed by atoms with Crippen LogP contribution in [0, 0.1) is 23.7 Å². The SMILES string of the molecule is CCOC(=O)[C@@H]1C(O)=C(P(=O)(C2=C(O)[C@H](C(=O)OCC)[C@@H](c3ccc(OC(C)=O)cc3)[C@H](C(=O)O)C2=O)N(CCCl)CCCl)C(=O)[C@H](C(=O)O)[C@@H]1c1ccc(OC(C)=O)cc1.